The lowest BCUT2D eigenvalue weighted by Crippen LogP contribution is -2.34. The maximum Gasteiger partial charge on any atom is 0.164 e. The number of hydrogen-bond donors (Lipinski definition) is 1. The number of piperidine rings is 1. The lowest BCUT2D eigenvalue weighted by atomic mass is 10.1. The number of aromatic nitrogens is 4. The molecule has 0 saturated carbocycles. The summed E-state index contributed by atoms with van der Waals surface area (Å²) in [5.41, 5.74) is 8.82. The topological polar surface area (TPSA) is 82.1 Å². The summed E-state index contributed by atoms with van der Waals surface area (Å²) in [5, 5.41) is 5.77. The Morgan fingerprint density at radius 1 is 1.00 bits per heavy atom. The molecule has 7 heteroatoms. The van der Waals surface area contributed by atoms with Crippen LogP contribution in [0.3, 0.4) is 0 Å². The predicted octanol–water partition coefficient (Wildman–Crippen LogP) is 4.13. The van der Waals surface area contributed by atoms with Gasteiger partial charge >= 0.3 is 0 Å². The number of rotatable bonds is 4. The zero-order chi connectivity index (χ0) is 20.5. The second-order valence-electron chi connectivity index (χ2n) is 7.75. The zero-order valence-corrected chi connectivity index (χ0v) is 16.9. The molecule has 1 aliphatic rings. The first-order valence-corrected chi connectivity index (χ1v) is 10.2. The summed E-state index contributed by atoms with van der Waals surface area (Å²) in [6.07, 6.45) is 3.74. The fourth-order valence-corrected chi connectivity index (χ4v) is 4.10. The van der Waals surface area contributed by atoms with Crippen LogP contribution in [-0.4, -0.2) is 44.8 Å². The molecule has 2 aromatic carbocycles. The molecule has 0 radical (unpaired) electrons. The normalized spacial score (nSPS) is 17.3. The summed E-state index contributed by atoms with van der Waals surface area (Å²) >= 11 is 0. The number of likely N-dealkylation sites (tertiary alicyclic amines) is 1. The van der Waals surface area contributed by atoms with Crippen molar-refractivity contribution in [3.63, 3.8) is 0 Å². The Morgan fingerprint density at radius 2 is 1.77 bits per heavy atom. The second-order valence-corrected chi connectivity index (χ2v) is 7.75. The molecule has 1 saturated heterocycles. The van der Waals surface area contributed by atoms with Crippen LogP contribution in [0.4, 0.5) is 5.82 Å². The molecular weight excluding hydrogens is 376 g/mol. The fraction of sp³-hybridized carbons (Fsp3) is 0.261. The largest absolute Gasteiger partial charge is 0.457 e. The predicted molar refractivity (Wildman–Crippen MR) is 117 cm³/mol. The first-order chi connectivity index (χ1) is 14.7. The zero-order valence-electron chi connectivity index (χ0n) is 16.9. The van der Waals surface area contributed by atoms with E-state index in [4.69, 9.17) is 15.6 Å². The fourth-order valence-electron chi connectivity index (χ4n) is 4.10. The standard InChI is InChI=1S/C23H24N6O/c1-28-13-5-6-17(14-28)29-23-20(22(24)25-15-26-23)21(27-29)16-9-11-19(12-10-16)30-18-7-3-2-4-8-18/h2-4,7-12,15,17H,5-6,13-14H2,1H3,(H2,24,25,26)/t17-/m0/s1. The van der Waals surface area contributed by atoms with Crippen LogP contribution in [0.2, 0.25) is 0 Å². The molecule has 152 valence electrons. The van der Waals surface area contributed by atoms with E-state index < -0.39 is 0 Å². The Labute approximate surface area is 175 Å². The molecular formula is C23H24N6O. The summed E-state index contributed by atoms with van der Waals surface area (Å²) in [6, 6.07) is 17.9. The van der Waals surface area contributed by atoms with Crippen molar-refractivity contribution in [1.29, 1.82) is 0 Å². The summed E-state index contributed by atoms with van der Waals surface area (Å²) in [5.74, 6) is 2.03. The van der Waals surface area contributed by atoms with Crippen LogP contribution in [0.15, 0.2) is 60.9 Å². The van der Waals surface area contributed by atoms with Gasteiger partial charge in [0.1, 0.15) is 29.3 Å². The molecule has 7 nitrogen and oxygen atoms in total. The molecule has 5 rings (SSSR count). The molecule has 0 amide bonds. The smallest absolute Gasteiger partial charge is 0.164 e. The average Bonchev–Trinajstić information content (AvgIpc) is 3.16. The Kier molecular flexibility index (Phi) is 4.80. The summed E-state index contributed by atoms with van der Waals surface area (Å²) in [7, 11) is 2.15. The maximum atomic E-state index is 6.26. The molecule has 2 aromatic heterocycles. The van der Waals surface area contributed by atoms with Crippen LogP contribution in [0.1, 0.15) is 18.9 Å². The molecule has 4 aromatic rings. The van der Waals surface area contributed by atoms with Gasteiger partial charge in [-0.1, -0.05) is 18.2 Å². The van der Waals surface area contributed by atoms with Crippen molar-refractivity contribution in [2.45, 2.75) is 18.9 Å². The van der Waals surface area contributed by atoms with Crippen molar-refractivity contribution in [2.24, 2.45) is 0 Å². The summed E-state index contributed by atoms with van der Waals surface area (Å²) < 4.78 is 7.95. The van der Waals surface area contributed by atoms with Crippen molar-refractivity contribution < 1.29 is 4.74 Å². The van der Waals surface area contributed by atoms with Crippen LogP contribution in [-0.2, 0) is 0 Å². The van der Waals surface area contributed by atoms with Gasteiger partial charge in [0.15, 0.2) is 5.65 Å². The Bertz CT molecular complexity index is 1160. The van der Waals surface area contributed by atoms with Crippen LogP contribution in [0.5, 0.6) is 11.5 Å². The lowest BCUT2D eigenvalue weighted by Gasteiger charge is -2.29. The maximum absolute atomic E-state index is 6.26. The van der Waals surface area contributed by atoms with Gasteiger partial charge in [0.2, 0.25) is 0 Å². The average molecular weight is 400 g/mol. The van der Waals surface area contributed by atoms with E-state index in [-0.39, 0.29) is 6.04 Å². The van der Waals surface area contributed by atoms with Crippen molar-refractivity contribution in [2.75, 3.05) is 25.9 Å². The van der Waals surface area contributed by atoms with Crippen molar-refractivity contribution in [3.8, 4) is 22.8 Å². The third kappa shape index (κ3) is 3.48. The van der Waals surface area contributed by atoms with Gasteiger partial charge in [0.25, 0.3) is 0 Å². The van der Waals surface area contributed by atoms with E-state index in [2.05, 4.69) is 21.9 Å². The third-order valence-corrected chi connectivity index (χ3v) is 5.57. The SMILES string of the molecule is CN1CCC[C@H](n2nc(-c3ccc(Oc4ccccc4)cc3)c3c(N)ncnc32)C1. The molecule has 0 aliphatic carbocycles. The van der Waals surface area contributed by atoms with E-state index in [1.165, 1.54) is 6.33 Å². The molecule has 0 unspecified atom stereocenters. The van der Waals surface area contributed by atoms with E-state index >= 15 is 0 Å². The van der Waals surface area contributed by atoms with E-state index in [1.807, 2.05) is 59.3 Å². The lowest BCUT2D eigenvalue weighted by molar-refractivity contribution is 0.205. The quantitative estimate of drug-likeness (QED) is 0.555. The van der Waals surface area contributed by atoms with E-state index in [0.717, 1.165) is 59.7 Å². The van der Waals surface area contributed by atoms with Gasteiger partial charge in [-0.3, -0.25) is 0 Å². The van der Waals surface area contributed by atoms with Gasteiger partial charge in [0.05, 0.1) is 11.4 Å². The number of ether oxygens (including phenoxy) is 1. The van der Waals surface area contributed by atoms with Crippen molar-refractivity contribution in [3.05, 3.63) is 60.9 Å². The summed E-state index contributed by atoms with van der Waals surface area (Å²) in [4.78, 5) is 11.1. The highest BCUT2D eigenvalue weighted by molar-refractivity contribution is 5.98. The Balaban J connectivity index is 1.52. The van der Waals surface area contributed by atoms with Crippen LogP contribution in [0, 0.1) is 0 Å². The minimum absolute atomic E-state index is 0.273. The van der Waals surface area contributed by atoms with Gasteiger partial charge in [-0.05, 0) is 62.8 Å². The van der Waals surface area contributed by atoms with Gasteiger partial charge in [-0.25, -0.2) is 14.6 Å². The van der Waals surface area contributed by atoms with Crippen molar-refractivity contribution in [1.82, 2.24) is 24.6 Å². The number of hydrogen-bond acceptors (Lipinski definition) is 6. The monoisotopic (exact) mass is 400 g/mol. The van der Waals surface area contributed by atoms with E-state index in [0.29, 0.717) is 5.82 Å². The second kappa shape index (κ2) is 7.76. The Morgan fingerprint density at radius 3 is 2.53 bits per heavy atom. The molecule has 1 aliphatic heterocycles. The number of nitrogens with two attached hydrogens (primary N) is 1. The molecule has 0 bridgehead atoms. The van der Waals surface area contributed by atoms with E-state index in [9.17, 15) is 0 Å². The summed E-state index contributed by atoms with van der Waals surface area (Å²) in [6.45, 7) is 2.06. The number of para-hydroxylation sites is 1. The molecule has 1 atom stereocenters. The molecule has 1 fully saturated rings. The van der Waals surface area contributed by atoms with Crippen molar-refractivity contribution >= 4 is 16.9 Å². The van der Waals surface area contributed by atoms with Gasteiger partial charge < -0.3 is 15.4 Å². The van der Waals surface area contributed by atoms with Gasteiger partial charge in [0, 0.05) is 12.1 Å². The van der Waals surface area contributed by atoms with Crippen LogP contribution < -0.4 is 10.5 Å². The highest BCUT2D eigenvalue weighted by Crippen LogP contribution is 2.34. The molecule has 30 heavy (non-hydrogen) atoms. The van der Waals surface area contributed by atoms with Gasteiger partial charge in [-0.2, -0.15) is 5.10 Å². The number of benzene rings is 2. The molecule has 3 heterocycles. The first-order valence-electron chi connectivity index (χ1n) is 10.2. The number of anilines is 1. The molecule has 0 spiro atoms. The van der Waals surface area contributed by atoms with Crippen LogP contribution >= 0.6 is 0 Å². The van der Waals surface area contributed by atoms with Crippen LogP contribution in [0.25, 0.3) is 22.3 Å². The number of nitrogen functional groups attached to an aromatic ring is 1. The first kappa shape index (κ1) is 18.6. The number of likely N-dealkylation sites (N-methyl/N-ethyl adjacent to an activating group) is 1. The minimum atomic E-state index is 0.273. The Hall–Kier alpha value is -3.45. The highest BCUT2D eigenvalue weighted by Gasteiger charge is 2.25. The highest BCUT2D eigenvalue weighted by atomic mass is 16.5. The molecule has 2 N–H and O–H groups in total. The third-order valence-electron chi connectivity index (χ3n) is 5.57. The minimum Gasteiger partial charge on any atom is -0.457 e. The number of fused-ring (bicyclic) bond motifs is 1. The van der Waals surface area contributed by atoms with E-state index in [1.54, 1.807) is 0 Å². The number of nitrogens with zero attached hydrogens (tertiary/aromatic N) is 5. The van der Waals surface area contributed by atoms with Gasteiger partial charge in [-0.15, -0.1) is 0 Å².